The van der Waals surface area contributed by atoms with Crippen molar-refractivity contribution in [1.29, 1.82) is 0 Å². The summed E-state index contributed by atoms with van der Waals surface area (Å²) in [6.45, 7) is 4.02. The molecule has 0 saturated carbocycles. The van der Waals surface area contributed by atoms with Crippen LogP contribution in [0.2, 0.25) is 0 Å². The highest BCUT2D eigenvalue weighted by molar-refractivity contribution is 5.25. The lowest BCUT2D eigenvalue weighted by Gasteiger charge is -2.06. The number of aromatic nitrogens is 2. The fourth-order valence-corrected chi connectivity index (χ4v) is 0.769. The summed E-state index contributed by atoms with van der Waals surface area (Å²) in [6.07, 6.45) is 3.22. The molecule has 1 heterocycles. The molecule has 0 aliphatic heterocycles. The number of anilines is 1. The largest absolute Gasteiger partial charge is 0.392 e. The number of nitrogens with zero attached hydrogens (tertiary/aromatic N) is 2. The molecule has 1 rings (SSSR count). The third kappa shape index (κ3) is 3.85. The minimum atomic E-state index is -0.0119. The van der Waals surface area contributed by atoms with Crippen LogP contribution in [0.4, 0.5) is 5.95 Å². The summed E-state index contributed by atoms with van der Waals surface area (Å²) in [6, 6.07) is 0.324. The molecule has 2 N–H and O–H groups in total. The highest BCUT2D eigenvalue weighted by atomic mass is 16.3. The summed E-state index contributed by atoms with van der Waals surface area (Å²) < 4.78 is 0. The fraction of sp³-hybridized carbons (Fsp3) is 0.556. The summed E-state index contributed by atoms with van der Waals surface area (Å²) in [5, 5.41) is 11.8. The van der Waals surface area contributed by atoms with E-state index in [1.54, 1.807) is 12.4 Å². The van der Waals surface area contributed by atoms with Crippen molar-refractivity contribution in [3.8, 4) is 0 Å². The van der Waals surface area contributed by atoms with Crippen LogP contribution in [0.1, 0.15) is 26.8 Å². The molecule has 1 aromatic rings. The van der Waals surface area contributed by atoms with E-state index in [9.17, 15) is 0 Å². The predicted molar refractivity (Wildman–Crippen MR) is 53.4 cm³/mol. The Kier molecular flexibility index (Phi) is 4.99. The van der Waals surface area contributed by atoms with Gasteiger partial charge in [0.1, 0.15) is 0 Å². The molecule has 0 atom stereocenters. The van der Waals surface area contributed by atoms with E-state index >= 15 is 0 Å². The van der Waals surface area contributed by atoms with Crippen LogP contribution in [0.25, 0.3) is 0 Å². The van der Waals surface area contributed by atoms with Gasteiger partial charge >= 0.3 is 0 Å². The molecule has 0 aliphatic carbocycles. The molecule has 0 radical (unpaired) electrons. The van der Waals surface area contributed by atoms with Crippen LogP contribution < -0.4 is 5.32 Å². The average Bonchev–Trinajstić information content (AvgIpc) is 2.05. The van der Waals surface area contributed by atoms with Gasteiger partial charge in [0.25, 0.3) is 0 Å². The van der Waals surface area contributed by atoms with Gasteiger partial charge in [-0.15, -0.1) is 0 Å². The van der Waals surface area contributed by atoms with Crippen molar-refractivity contribution in [1.82, 2.24) is 9.97 Å². The van der Waals surface area contributed by atoms with Gasteiger partial charge in [-0.3, -0.25) is 0 Å². The molecule has 0 aliphatic rings. The molecule has 4 heteroatoms. The van der Waals surface area contributed by atoms with Gasteiger partial charge in [-0.05, 0) is 13.8 Å². The Bertz CT molecular complexity index is 233. The van der Waals surface area contributed by atoms with Crippen LogP contribution >= 0.6 is 0 Å². The summed E-state index contributed by atoms with van der Waals surface area (Å²) in [5.74, 6) is 0.599. The second kappa shape index (κ2) is 5.48. The Balaban J connectivity index is 0.00000144. The molecule has 0 bridgehead atoms. The Morgan fingerprint density at radius 2 is 1.92 bits per heavy atom. The van der Waals surface area contributed by atoms with Crippen molar-refractivity contribution >= 4 is 5.95 Å². The Morgan fingerprint density at radius 1 is 1.38 bits per heavy atom. The van der Waals surface area contributed by atoms with E-state index < -0.39 is 0 Å². The first-order valence-corrected chi connectivity index (χ1v) is 3.90. The number of nitrogens with one attached hydrogen (secondary N) is 1. The van der Waals surface area contributed by atoms with Crippen LogP contribution in [-0.2, 0) is 6.61 Å². The first-order chi connectivity index (χ1) is 5.72. The second-order valence-corrected chi connectivity index (χ2v) is 2.87. The van der Waals surface area contributed by atoms with E-state index in [1.807, 2.05) is 13.8 Å². The first kappa shape index (κ1) is 11.8. The van der Waals surface area contributed by atoms with Gasteiger partial charge in [-0.1, -0.05) is 7.43 Å². The minimum Gasteiger partial charge on any atom is -0.392 e. The SMILES string of the molecule is C.CC(C)Nc1ncc(CO)cn1. The molecule has 0 saturated heterocycles. The summed E-state index contributed by atoms with van der Waals surface area (Å²) in [5.41, 5.74) is 0.726. The van der Waals surface area contributed by atoms with E-state index in [0.717, 1.165) is 5.56 Å². The Labute approximate surface area is 79.0 Å². The molecule has 0 aromatic carbocycles. The van der Waals surface area contributed by atoms with E-state index in [1.165, 1.54) is 0 Å². The lowest BCUT2D eigenvalue weighted by molar-refractivity contribution is 0.281. The van der Waals surface area contributed by atoms with E-state index in [0.29, 0.717) is 12.0 Å². The van der Waals surface area contributed by atoms with E-state index in [-0.39, 0.29) is 14.0 Å². The zero-order chi connectivity index (χ0) is 8.97. The molecule has 0 spiro atoms. The van der Waals surface area contributed by atoms with E-state index in [4.69, 9.17) is 5.11 Å². The minimum absolute atomic E-state index is 0. The zero-order valence-electron chi connectivity index (χ0n) is 7.28. The van der Waals surface area contributed by atoms with Crippen LogP contribution in [0.3, 0.4) is 0 Å². The number of hydrogen-bond acceptors (Lipinski definition) is 4. The number of aliphatic hydroxyl groups is 1. The predicted octanol–water partition coefficient (Wildman–Crippen LogP) is 1.43. The van der Waals surface area contributed by atoms with Crippen LogP contribution in [0, 0.1) is 0 Å². The molecular weight excluding hydrogens is 166 g/mol. The number of aliphatic hydroxyl groups excluding tert-OH is 1. The van der Waals surface area contributed by atoms with Crippen molar-refractivity contribution in [2.75, 3.05) is 5.32 Å². The molecule has 74 valence electrons. The third-order valence-corrected chi connectivity index (χ3v) is 1.31. The first-order valence-electron chi connectivity index (χ1n) is 3.90. The van der Waals surface area contributed by atoms with Crippen LogP contribution in [-0.4, -0.2) is 21.1 Å². The maximum absolute atomic E-state index is 8.71. The lowest BCUT2D eigenvalue weighted by Crippen LogP contribution is -2.12. The molecule has 0 amide bonds. The van der Waals surface area contributed by atoms with Gasteiger partial charge in [0.15, 0.2) is 0 Å². The third-order valence-electron chi connectivity index (χ3n) is 1.31. The maximum atomic E-state index is 8.71. The van der Waals surface area contributed by atoms with Crippen LogP contribution in [0.15, 0.2) is 12.4 Å². The monoisotopic (exact) mass is 183 g/mol. The highest BCUT2D eigenvalue weighted by Crippen LogP contribution is 2.00. The standard InChI is InChI=1S/C8H13N3O.CH4/c1-6(2)11-8-9-3-7(5-12)4-10-8;/h3-4,6,12H,5H2,1-2H3,(H,9,10,11);1H4. The van der Waals surface area contributed by atoms with Gasteiger partial charge in [-0.25, -0.2) is 9.97 Å². The van der Waals surface area contributed by atoms with Crippen molar-refractivity contribution < 1.29 is 5.11 Å². The summed E-state index contributed by atoms with van der Waals surface area (Å²) in [4.78, 5) is 8.01. The zero-order valence-corrected chi connectivity index (χ0v) is 7.28. The van der Waals surface area contributed by atoms with E-state index in [2.05, 4.69) is 15.3 Å². The molecule has 1 aromatic heterocycles. The van der Waals surface area contributed by atoms with Gasteiger partial charge in [0.05, 0.1) is 6.61 Å². The summed E-state index contributed by atoms with van der Waals surface area (Å²) >= 11 is 0. The lowest BCUT2D eigenvalue weighted by atomic mass is 10.4. The highest BCUT2D eigenvalue weighted by Gasteiger charge is 1.97. The second-order valence-electron chi connectivity index (χ2n) is 2.87. The van der Waals surface area contributed by atoms with Crippen LogP contribution in [0.5, 0.6) is 0 Å². The van der Waals surface area contributed by atoms with Gasteiger partial charge < -0.3 is 10.4 Å². The topological polar surface area (TPSA) is 58.0 Å². The fourth-order valence-electron chi connectivity index (χ4n) is 0.769. The van der Waals surface area contributed by atoms with Crippen molar-refractivity contribution in [2.45, 2.75) is 33.9 Å². The van der Waals surface area contributed by atoms with Gasteiger partial charge in [0, 0.05) is 24.0 Å². The molecule has 0 fully saturated rings. The maximum Gasteiger partial charge on any atom is 0.222 e. The summed E-state index contributed by atoms with van der Waals surface area (Å²) in [7, 11) is 0. The van der Waals surface area contributed by atoms with Crippen molar-refractivity contribution in [3.05, 3.63) is 18.0 Å². The van der Waals surface area contributed by atoms with Crippen molar-refractivity contribution in [2.24, 2.45) is 0 Å². The molecular formula is C9H17N3O. The number of rotatable bonds is 3. The Hall–Kier alpha value is -1.16. The smallest absolute Gasteiger partial charge is 0.222 e. The van der Waals surface area contributed by atoms with Gasteiger partial charge in [0.2, 0.25) is 5.95 Å². The number of hydrogen-bond donors (Lipinski definition) is 2. The molecule has 0 unspecified atom stereocenters. The Morgan fingerprint density at radius 3 is 2.31 bits per heavy atom. The average molecular weight is 183 g/mol. The normalized spacial score (nSPS) is 9.54. The van der Waals surface area contributed by atoms with Gasteiger partial charge in [-0.2, -0.15) is 0 Å². The van der Waals surface area contributed by atoms with Crippen molar-refractivity contribution in [3.63, 3.8) is 0 Å². The quantitative estimate of drug-likeness (QED) is 0.744. The molecule has 13 heavy (non-hydrogen) atoms. The molecule has 4 nitrogen and oxygen atoms in total.